The molecule has 0 unspecified atom stereocenters. The first-order valence-electron chi connectivity index (χ1n) is 22.5. The summed E-state index contributed by atoms with van der Waals surface area (Å²) in [5.74, 6) is -6.85. The van der Waals surface area contributed by atoms with Crippen LogP contribution in [0.25, 0.3) is 10.9 Å². The highest BCUT2D eigenvalue weighted by Crippen LogP contribution is 2.20. The van der Waals surface area contributed by atoms with Crippen molar-refractivity contribution < 1.29 is 38.4 Å². The first-order chi connectivity index (χ1) is 31.2. The van der Waals surface area contributed by atoms with Crippen LogP contribution in [0.4, 0.5) is 0 Å². The minimum absolute atomic E-state index is 0.0757. The molecule has 7 atom stereocenters. The van der Waals surface area contributed by atoms with E-state index in [0.29, 0.717) is 24.9 Å². The number of carbonyl (C=O) groups excluding carboxylic acids is 8. The zero-order chi connectivity index (χ0) is 49.1. The monoisotopic (exact) mass is 919 g/mol. The van der Waals surface area contributed by atoms with Crippen molar-refractivity contribution in [1.29, 1.82) is 0 Å². The van der Waals surface area contributed by atoms with E-state index in [1.54, 1.807) is 58.4 Å². The quantitative estimate of drug-likeness (QED) is 0.0425. The van der Waals surface area contributed by atoms with Crippen LogP contribution in [0.2, 0.25) is 0 Å². The van der Waals surface area contributed by atoms with E-state index in [-0.39, 0.29) is 44.4 Å². The number of aromatic amines is 1. The van der Waals surface area contributed by atoms with Gasteiger partial charge in [-0.1, -0.05) is 65.8 Å². The van der Waals surface area contributed by atoms with Gasteiger partial charge in [0.15, 0.2) is 0 Å². The van der Waals surface area contributed by atoms with E-state index >= 15 is 0 Å². The summed E-state index contributed by atoms with van der Waals surface area (Å²) in [5.41, 5.74) is 25.0. The van der Waals surface area contributed by atoms with E-state index in [4.69, 9.17) is 22.9 Å². The van der Waals surface area contributed by atoms with Gasteiger partial charge in [0.2, 0.25) is 47.3 Å². The topological polar surface area (TPSA) is 341 Å². The molecule has 2 heterocycles. The number of H-pyrrole nitrogens is 1. The number of para-hydroxylation sites is 1. The number of hydrogen-bond donors (Lipinski definition) is 11. The second-order valence-corrected chi connectivity index (χ2v) is 17.8. The molecule has 0 aliphatic rings. The molecule has 8 amide bonds. The van der Waals surface area contributed by atoms with Crippen molar-refractivity contribution in [3.63, 3.8) is 0 Å². The Hall–Kier alpha value is -6.41. The van der Waals surface area contributed by atoms with Crippen molar-refractivity contribution in [2.45, 2.75) is 135 Å². The number of pyridine rings is 1. The summed E-state index contributed by atoms with van der Waals surface area (Å²) >= 11 is 0. The molecule has 20 heteroatoms. The Morgan fingerprint density at radius 3 is 1.79 bits per heavy atom. The highest BCUT2D eigenvalue weighted by molar-refractivity contribution is 5.98. The highest BCUT2D eigenvalue weighted by Gasteiger charge is 2.35. The summed E-state index contributed by atoms with van der Waals surface area (Å²) in [4.78, 5) is 115. The normalized spacial score (nSPS) is 14.6. The molecule has 0 saturated carbocycles. The predicted molar refractivity (Wildman–Crippen MR) is 249 cm³/mol. The number of nitrogens with zero attached hydrogens (tertiary/aromatic N) is 1. The molecule has 362 valence electrons. The maximum Gasteiger partial charge on any atom is 0.243 e. The maximum absolute atomic E-state index is 14.3. The van der Waals surface area contributed by atoms with Crippen LogP contribution < -0.4 is 54.8 Å². The molecule has 0 fully saturated rings. The van der Waals surface area contributed by atoms with Crippen molar-refractivity contribution in [1.82, 2.24) is 41.9 Å². The van der Waals surface area contributed by atoms with Crippen LogP contribution in [0.5, 0.6) is 0 Å². The fourth-order valence-electron chi connectivity index (χ4n) is 7.28. The molecule has 1 aromatic carbocycles. The lowest BCUT2D eigenvalue weighted by Gasteiger charge is -2.29. The molecule has 0 radical (unpaired) electrons. The number of aromatic nitrogens is 2. The molecule has 0 spiro atoms. The van der Waals surface area contributed by atoms with E-state index in [1.165, 1.54) is 0 Å². The molecule has 0 bridgehead atoms. The van der Waals surface area contributed by atoms with Gasteiger partial charge >= 0.3 is 0 Å². The predicted octanol–water partition coefficient (Wildman–Crippen LogP) is -0.178. The number of fused-ring (bicyclic) bond motifs is 1. The standard InChI is InChI=1S/C46H70N12O8/c1-25(2)20-35(56-46(66)38(26(3)4)57-41(61)31(48)21-28-12-11-19-51-23-28)43(63)54-34(16-17-37(49)59)42(62)55-36(22-29-24-52-32-14-8-7-13-30(29)32)44(64)58-39(27(5)6)45(65)53-33(40(50)60)15-9-10-18-47/h7-8,11-14,19,23-27,31,33-36,38-39,52H,9-10,15-18,20-22,47-48H2,1-6H3,(H2,49,59)(H2,50,60)(H,53,65)(H,54,63)(H,55,62)(H,56,66)(H,57,61)(H,58,64)/t31-,33-,34-,35-,36-,38-,39-/m0/s1. The molecule has 0 aliphatic heterocycles. The minimum Gasteiger partial charge on any atom is -0.370 e. The van der Waals surface area contributed by atoms with Gasteiger partial charge in [-0.15, -0.1) is 0 Å². The average molecular weight is 919 g/mol. The summed E-state index contributed by atoms with van der Waals surface area (Å²) in [5, 5.41) is 17.0. The van der Waals surface area contributed by atoms with Crippen molar-refractivity contribution in [2.75, 3.05) is 6.54 Å². The zero-order valence-electron chi connectivity index (χ0n) is 38.9. The zero-order valence-corrected chi connectivity index (χ0v) is 38.9. The van der Waals surface area contributed by atoms with E-state index in [2.05, 4.69) is 41.9 Å². The van der Waals surface area contributed by atoms with E-state index in [0.717, 1.165) is 16.5 Å². The fraction of sp³-hybridized carbons (Fsp3) is 0.543. The van der Waals surface area contributed by atoms with Crippen molar-refractivity contribution in [3.8, 4) is 0 Å². The van der Waals surface area contributed by atoms with Crippen LogP contribution in [0.15, 0.2) is 55.0 Å². The number of hydrogen-bond acceptors (Lipinski definition) is 11. The van der Waals surface area contributed by atoms with Gasteiger partial charge in [-0.2, -0.15) is 0 Å². The Balaban J connectivity index is 1.90. The molecular formula is C46H70N12O8. The molecule has 0 aliphatic carbocycles. The average Bonchev–Trinajstić information content (AvgIpc) is 3.67. The molecule has 3 aromatic rings. The SMILES string of the molecule is CC(C)C[C@H](NC(=O)[C@@H](NC(=O)[C@@H](N)Cc1cccnc1)C(C)C)C(=O)N[C@@H](CCC(N)=O)C(=O)N[C@@H](Cc1c[nH]c2ccccc12)C(=O)N[C@H](C(=O)N[C@@H](CCCCN)C(N)=O)C(C)C. The van der Waals surface area contributed by atoms with Crippen LogP contribution >= 0.6 is 0 Å². The third-order valence-corrected chi connectivity index (χ3v) is 11.0. The molecule has 0 saturated heterocycles. The molecule has 2 aromatic heterocycles. The first-order valence-corrected chi connectivity index (χ1v) is 22.5. The molecule has 66 heavy (non-hydrogen) atoms. The summed E-state index contributed by atoms with van der Waals surface area (Å²) in [7, 11) is 0. The first kappa shape index (κ1) is 53.9. The van der Waals surface area contributed by atoms with Gasteiger partial charge in [-0.05, 0) is 86.1 Å². The summed E-state index contributed by atoms with van der Waals surface area (Å²) in [6.45, 7) is 10.9. The Morgan fingerprint density at radius 2 is 1.21 bits per heavy atom. The maximum atomic E-state index is 14.3. The smallest absolute Gasteiger partial charge is 0.243 e. The number of rotatable bonds is 28. The fourth-order valence-corrected chi connectivity index (χ4v) is 7.28. The number of primary amides is 2. The number of nitrogens with one attached hydrogen (secondary N) is 7. The largest absolute Gasteiger partial charge is 0.370 e. The van der Waals surface area contributed by atoms with E-state index in [9.17, 15) is 38.4 Å². The van der Waals surface area contributed by atoms with Gasteiger partial charge in [-0.25, -0.2) is 0 Å². The number of unbranched alkanes of at least 4 members (excludes halogenated alkanes) is 1. The lowest BCUT2D eigenvalue weighted by Crippen LogP contribution is -2.61. The van der Waals surface area contributed by atoms with Gasteiger partial charge in [0.1, 0.15) is 36.3 Å². The second kappa shape index (κ2) is 26.5. The van der Waals surface area contributed by atoms with Gasteiger partial charge in [0.25, 0.3) is 0 Å². The van der Waals surface area contributed by atoms with Gasteiger partial charge < -0.3 is 59.8 Å². The van der Waals surface area contributed by atoms with Crippen LogP contribution in [-0.4, -0.2) is 106 Å². The molecule has 20 nitrogen and oxygen atoms in total. The lowest BCUT2D eigenvalue weighted by molar-refractivity contribution is -0.136. The van der Waals surface area contributed by atoms with Crippen LogP contribution in [0.3, 0.4) is 0 Å². The Bertz CT molecular complexity index is 2110. The van der Waals surface area contributed by atoms with Crippen molar-refractivity contribution in [2.24, 2.45) is 40.7 Å². The number of benzene rings is 1. The van der Waals surface area contributed by atoms with Crippen molar-refractivity contribution in [3.05, 3.63) is 66.1 Å². The van der Waals surface area contributed by atoms with Crippen LogP contribution in [-0.2, 0) is 51.2 Å². The van der Waals surface area contributed by atoms with E-state index in [1.807, 2.05) is 38.1 Å². The summed E-state index contributed by atoms with van der Waals surface area (Å²) in [6.07, 6.45) is 5.86. The number of nitrogens with two attached hydrogens (primary N) is 4. The second-order valence-electron chi connectivity index (χ2n) is 17.8. The van der Waals surface area contributed by atoms with Gasteiger partial charge in [0, 0.05) is 42.3 Å². The summed E-state index contributed by atoms with van der Waals surface area (Å²) in [6, 6.07) is 2.55. The third-order valence-electron chi connectivity index (χ3n) is 11.0. The van der Waals surface area contributed by atoms with Gasteiger partial charge in [-0.3, -0.25) is 43.3 Å². The Kier molecular flexibility index (Phi) is 21.7. The lowest BCUT2D eigenvalue weighted by atomic mass is 9.98. The van der Waals surface area contributed by atoms with Gasteiger partial charge in [0.05, 0.1) is 6.04 Å². The molecular weight excluding hydrogens is 849 g/mol. The third kappa shape index (κ3) is 17.2. The Labute approximate surface area is 386 Å². The molecule has 3 rings (SSSR count). The minimum atomic E-state index is -1.44. The summed E-state index contributed by atoms with van der Waals surface area (Å²) < 4.78 is 0. The number of amides is 8. The van der Waals surface area contributed by atoms with E-state index < -0.39 is 101 Å². The van der Waals surface area contributed by atoms with Crippen molar-refractivity contribution >= 4 is 58.2 Å². The molecule has 15 N–H and O–H groups in total. The highest BCUT2D eigenvalue weighted by atomic mass is 16.2. The number of carbonyl (C=O) groups is 8. The Morgan fingerprint density at radius 1 is 0.636 bits per heavy atom. The van der Waals surface area contributed by atoms with Crippen LogP contribution in [0, 0.1) is 17.8 Å². The van der Waals surface area contributed by atoms with Crippen LogP contribution in [0.1, 0.15) is 91.2 Å².